The molecule has 12 heteroatoms. The van der Waals surface area contributed by atoms with Crippen molar-refractivity contribution in [2.24, 2.45) is 0 Å². The summed E-state index contributed by atoms with van der Waals surface area (Å²) in [4.78, 5) is 41.4. The number of hydrogen-bond acceptors (Lipinski definition) is 6. The molecule has 0 saturated carbocycles. The molecule has 1 aromatic carbocycles. The number of aromatic nitrogens is 1. The molecule has 0 spiro atoms. The number of benzene rings is 1. The molecule has 0 bridgehead atoms. The standard InChI is InChI=1S/C26H33N3O3S.C2HF3O2/c1-3-4-15-29-20-12-6-5-11-19(20)23-21(25(29)30)22(32-2)24(33-23)26(31)28-16-9-10-18(28)17-27-13-7-8-14-27;3-2(4,5)1(6)7/h5-6,11-12,18H,3-4,7-10,13-17H2,1-2H3;(H,6,7)/t18-;/m0./s1. The Kier molecular flexibility index (Phi) is 9.40. The normalized spacial score (nSPS) is 17.8. The van der Waals surface area contributed by atoms with E-state index in [1.54, 1.807) is 7.11 Å². The minimum absolute atomic E-state index is 0.0123. The van der Waals surface area contributed by atoms with Crippen LogP contribution in [0.25, 0.3) is 21.0 Å². The van der Waals surface area contributed by atoms with Crippen molar-refractivity contribution < 1.29 is 32.6 Å². The second-order valence-corrected chi connectivity index (χ2v) is 11.1. The van der Waals surface area contributed by atoms with E-state index >= 15 is 0 Å². The molecule has 3 aromatic rings. The number of likely N-dealkylation sites (tertiary alicyclic amines) is 2. The molecular formula is C28H34F3N3O5S. The maximum Gasteiger partial charge on any atom is 0.490 e. The highest BCUT2D eigenvalue weighted by Crippen LogP contribution is 2.41. The van der Waals surface area contributed by atoms with E-state index in [-0.39, 0.29) is 17.5 Å². The smallest absolute Gasteiger partial charge is 0.490 e. The summed E-state index contributed by atoms with van der Waals surface area (Å²) in [6.07, 6.45) is 1.44. The van der Waals surface area contributed by atoms with Gasteiger partial charge in [0.2, 0.25) is 0 Å². The van der Waals surface area contributed by atoms with E-state index < -0.39 is 12.1 Å². The predicted molar refractivity (Wildman–Crippen MR) is 148 cm³/mol. The average Bonchev–Trinajstić information content (AvgIpc) is 3.68. The third-order valence-electron chi connectivity index (χ3n) is 7.44. The van der Waals surface area contributed by atoms with Crippen LogP contribution < -0.4 is 10.3 Å². The van der Waals surface area contributed by atoms with Crippen LogP contribution >= 0.6 is 11.3 Å². The first-order valence-electron chi connectivity index (χ1n) is 13.5. The third kappa shape index (κ3) is 6.12. The molecule has 2 saturated heterocycles. The van der Waals surface area contributed by atoms with Crippen molar-refractivity contribution in [1.82, 2.24) is 14.4 Å². The van der Waals surface area contributed by atoms with Crippen LogP contribution in [-0.2, 0) is 11.3 Å². The van der Waals surface area contributed by atoms with Crippen molar-refractivity contribution in [3.63, 3.8) is 0 Å². The number of carboxylic acid groups (broad SMARTS) is 1. The Morgan fingerprint density at radius 1 is 1.12 bits per heavy atom. The van der Waals surface area contributed by atoms with Crippen LogP contribution in [0.2, 0.25) is 0 Å². The number of aryl methyl sites for hydroxylation is 1. The fourth-order valence-corrected chi connectivity index (χ4v) is 6.76. The molecule has 2 fully saturated rings. The lowest BCUT2D eigenvalue weighted by molar-refractivity contribution is -0.192. The summed E-state index contributed by atoms with van der Waals surface area (Å²) in [7, 11) is 1.58. The Labute approximate surface area is 233 Å². The molecule has 1 N–H and O–H groups in total. The van der Waals surface area contributed by atoms with E-state index in [2.05, 4.69) is 17.9 Å². The zero-order valence-corrected chi connectivity index (χ0v) is 23.4. The van der Waals surface area contributed by atoms with Crippen LogP contribution in [0.15, 0.2) is 29.1 Å². The summed E-state index contributed by atoms with van der Waals surface area (Å²) in [6.45, 7) is 6.78. The van der Waals surface area contributed by atoms with Gasteiger partial charge < -0.3 is 24.2 Å². The van der Waals surface area contributed by atoms with E-state index in [9.17, 15) is 22.8 Å². The fraction of sp³-hybridized carbons (Fsp3) is 0.536. The number of para-hydroxylation sites is 1. The Morgan fingerprint density at radius 3 is 2.42 bits per heavy atom. The van der Waals surface area contributed by atoms with Gasteiger partial charge in [0.15, 0.2) is 5.75 Å². The first-order valence-corrected chi connectivity index (χ1v) is 14.4. The fourth-order valence-electron chi connectivity index (χ4n) is 5.51. The number of carbonyl (C=O) groups excluding carboxylic acids is 1. The van der Waals surface area contributed by atoms with Gasteiger partial charge in [-0.3, -0.25) is 9.59 Å². The van der Waals surface area contributed by atoms with Crippen molar-refractivity contribution in [3.8, 4) is 5.75 Å². The van der Waals surface area contributed by atoms with E-state index in [0.29, 0.717) is 22.6 Å². The number of halogens is 3. The van der Waals surface area contributed by atoms with Gasteiger partial charge in [-0.05, 0) is 51.3 Å². The van der Waals surface area contributed by atoms with E-state index in [1.165, 1.54) is 24.2 Å². The zero-order chi connectivity index (χ0) is 29.0. The summed E-state index contributed by atoms with van der Waals surface area (Å²) in [5.74, 6) is -2.29. The lowest BCUT2D eigenvalue weighted by Gasteiger charge is -2.28. The molecule has 0 unspecified atom stereocenters. The minimum atomic E-state index is -5.08. The predicted octanol–water partition coefficient (Wildman–Crippen LogP) is 5.36. The van der Waals surface area contributed by atoms with Crippen LogP contribution in [0.3, 0.4) is 0 Å². The quantitative estimate of drug-likeness (QED) is 0.404. The summed E-state index contributed by atoms with van der Waals surface area (Å²) in [5.41, 5.74) is 0.874. The van der Waals surface area contributed by atoms with Gasteiger partial charge in [0, 0.05) is 31.1 Å². The minimum Gasteiger partial charge on any atom is -0.494 e. The molecule has 1 atom stereocenters. The number of carboxylic acids is 1. The number of ether oxygens (including phenoxy) is 1. The maximum absolute atomic E-state index is 13.8. The largest absolute Gasteiger partial charge is 0.494 e. The number of pyridine rings is 1. The molecule has 2 aliphatic rings. The number of amides is 1. The Bertz CT molecular complexity index is 1430. The first kappa shape index (κ1) is 29.9. The number of thiophene rings is 1. The van der Waals surface area contributed by atoms with Crippen LogP contribution in [-0.4, -0.2) is 76.9 Å². The van der Waals surface area contributed by atoms with Crippen LogP contribution in [0.4, 0.5) is 13.2 Å². The van der Waals surface area contributed by atoms with Gasteiger partial charge in [0.1, 0.15) is 10.3 Å². The first-order chi connectivity index (χ1) is 19.1. The van der Waals surface area contributed by atoms with Crippen molar-refractivity contribution in [1.29, 1.82) is 0 Å². The average molecular weight is 582 g/mol. The molecule has 1 amide bonds. The Hall–Kier alpha value is -3.12. The number of methoxy groups -OCH3 is 1. The van der Waals surface area contributed by atoms with Crippen molar-refractivity contribution in [2.45, 2.75) is 64.2 Å². The summed E-state index contributed by atoms with van der Waals surface area (Å²) < 4.78 is 40.2. The van der Waals surface area contributed by atoms with Crippen LogP contribution in [0, 0.1) is 0 Å². The van der Waals surface area contributed by atoms with Gasteiger partial charge in [-0.1, -0.05) is 31.5 Å². The molecule has 2 aliphatic heterocycles. The summed E-state index contributed by atoms with van der Waals surface area (Å²) >= 11 is 1.42. The maximum atomic E-state index is 13.8. The second kappa shape index (κ2) is 12.6. The van der Waals surface area contributed by atoms with Crippen molar-refractivity contribution >= 4 is 44.2 Å². The molecule has 40 heavy (non-hydrogen) atoms. The molecule has 8 nitrogen and oxygen atoms in total. The second-order valence-electron chi connectivity index (χ2n) is 10.1. The molecular weight excluding hydrogens is 547 g/mol. The molecule has 2 aromatic heterocycles. The number of nitrogens with zero attached hydrogens (tertiary/aromatic N) is 3. The van der Waals surface area contributed by atoms with E-state index in [4.69, 9.17) is 14.6 Å². The van der Waals surface area contributed by atoms with Crippen LogP contribution in [0.5, 0.6) is 5.75 Å². The number of aliphatic carboxylic acids is 1. The van der Waals surface area contributed by atoms with Gasteiger partial charge in [-0.25, -0.2) is 4.79 Å². The number of fused-ring (bicyclic) bond motifs is 3. The van der Waals surface area contributed by atoms with E-state index in [0.717, 1.165) is 67.5 Å². The molecule has 0 radical (unpaired) electrons. The number of carbonyl (C=O) groups is 2. The number of unbranched alkanes of at least 4 members (excludes halogenated alkanes) is 1. The highest BCUT2D eigenvalue weighted by atomic mass is 32.1. The van der Waals surface area contributed by atoms with Gasteiger partial charge in [-0.15, -0.1) is 11.3 Å². The molecule has 4 heterocycles. The lowest BCUT2D eigenvalue weighted by Crippen LogP contribution is -2.42. The van der Waals surface area contributed by atoms with Gasteiger partial charge in [-0.2, -0.15) is 13.2 Å². The van der Waals surface area contributed by atoms with Gasteiger partial charge in [0.05, 0.1) is 17.3 Å². The summed E-state index contributed by atoms with van der Waals surface area (Å²) in [6, 6.07) is 8.27. The highest BCUT2D eigenvalue weighted by Gasteiger charge is 2.38. The Morgan fingerprint density at radius 2 is 1.80 bits per heavy atom. The lowest BCUT2D eigenvalue weighted by atomic mass is 10.1. The van der Waals surface area contributed by atoms with E-state index in [1.807, 2.05) is 27.7 Å². The highest BCUT2D eigenvalue weighted by molar-refractivity contribution is 7.22. The SMILES string of the molecule is CCCCn1c(=O)c2c(OC)c(C(=O)N3CCC[C@H]3CN3CCCC3)sc2c2ccccc21.O=C(O)C(F)(F)F. The molecule has 0 aliphatic carbocycles. The van der Waals surface area contributed by atoms with Gasteiger partial charge in [0.25, 0.3) is 11.5 Å². The summed E-state index contributed by atoms with van der Waals surface area (Å²) in [5, 5.41) is 8.69. The topological polar surface area (TPSA) is 92.1 Å². The number of rotatable bonds is 7. The van der Waals surface area contributed by atoms with Gasteiger partial charge >= 0.3 is 12.1 Å². The van der Waals surface area contributed by atoms with Crippen LogP contribution in [0.1, 0.15) is 55.1 Å². The molecule has 218 valence electrons. The zero-order valence-electron chi connectivity index (χ0n) is 22.6. The number of hydrogen-bond donors (Lipinski definition) is 1. The molecule has 5 rings (SSSR count). The third-order valence-corrected chi connectivity index (χ3v) is 8.64. The van der Waals surface area contributed by atoms with Crippen molar-refractivity contribution in [3.05, 3.63) is 39.5 Å². The monoisotopic (exact) mass is 581 g/mol. The number of alkyl halides is 3. The van der Waals surface area contributed by atoms with Crippen molar-refractivity contribution in [2.75, 3.05) is 33.3 Å². The Balaban J connectivity index is 0.000000470.